The zero-order valence-corrected chi connectivity index (χ0v) is 8.67. The van der Waals surface area contributed by atoms with Crippen molar-refractivity contribution in [1.29, 1.82) is 0 Å². The Morgan fingerprint density at radius 2 is 1.91 bits per heavy atom. The molecular formula is C9H18OSi. The standard InChI is InChI=1S/C9H18OSi/c1-4-5-6-7-8-9-11(2,3)10/h4-7,10H,8-9H2,1-3H3/b5-4-,7-6+. The molecule has 1 N–H and O–H groups in total. The molecule has 0 spiro atoms. The summed E-state index contributed by atoms with van der Waals surface area (Å²) in [5.74, 6) is 0. The molecule has 0 aliphatic heterocycles. The Morgan fingerprint density at radius 3 is 2.36 bits per heavy atom. The van der Waals surface area contributed by atoms with E-state index in [2.05, 4.69) is 6.08 Å². The lowest BCUT2D eigenvalue weighted by Gasteiger charge is -2.10. The average molecular weight is 170 g/mol. The SMILES string of the molecule is C/C=C\C=C\CC[Si](C)(C)O. The van der Waals surface area contributed by atoms with Crippen LogP contribution < -0.4 is 0 Å². The van der Waals surface area contributed by atoms with Crippen LogP contribution in [0.4, 0.5) is 0 Å². The van der Waals surface area contributed by atoms with E-state index in [0.717, 1.165) is 12.5 Å². The van der Waals surface area contributed by atoms with Gasteiger partial charge in [-0.1, -0.05) is 24.3 Å². The maximum atomic E-state index is 9.46. The predicted molar refractivity (Wildman–Crippen MR) is 53.1 cm³/mol. The summed E-state index contributed by atoms with van der Waals surface area (Å²) in [5.41, 5.74) is 0. The summed E-state index contributed by atoms with van der Waals surface area (Å²) in [4.78, 5) is 9.46. The molecule has 0 atom stereocenters. The summed E-state index contributed by atoms with van der Waals surface area (Å²) in [7, 11) is -1.79. The Kier molecular flexibility index (Phi) is 5.16. The molecular weight excluding hydrogens is 152 g/mol. The van der Waals surface area contributed by atoms with E-state index in [1.807, 2.05) is 38.2 Å². The highest BCUT2D eigenvalue weighted by atomic mass is 28.4. The molecule has 64 valence electrons. The summed E-state index contributed by atoms with van der Waals surface area (Å²) >= 11 is 0. The fourth-order valence-electron chi connectivity index (χ4n) is 0.722. The highest BCUT2D eigenvalue weighted by Crippen LogP contribution is 2.07. The van der Waals surface area contributed by atoms with Crippen LogP contribution in [0.1, 0.15) is 13.3 Å². The van der Waals surface area contributed by atoms with Gasteiger partial charge in [-0.15, -0.1) is 0 Å². The van der Waals surface area contributed by atoms with Crippen molar-refractivity contribution in [3.8, 4) is 0 Å². The maximum Gasteiger partial charge on any atom is 0.182 e. The Balaban J connectivity index is 3.42. The second kappa shape index (κ2) is 5.33. The maximum absolute atomic E-state index is 9.46. The van der Waals surface area contributed by atoms with E-state index in [1.165, 1.54) is 0 Å². The third kappa shape index (κ3) is 9.66. The average Bonchev–Trinajstić information content (AvgIpc) is 1.85. The highest BCUT2D eigenvalue weighted by molar-refractivity contribution is 6.69. The van der Waals surface area contributed by atoms with Gasteiger partial charge in [0.2, 0.25) is 0 Å². The number of allylic oxidation sites excluding steroid dienone is 4. The Bertz CT molecular complexity index is 142. The lowest BCUT2D eigenvalue weighted by atomic mass is 10.4. The normalized spacial score (nSPS) is 13.5. The summed E-state index contributed by atoms with van der Waals surface area (Å²) in [6.45, 7) is 5.93. The van der Waals surface area contributed by atoms with E-state index in [9.17, 15) is 4.80 Å². The summed E-state index contributed by atoms with van der Waals surface area (Å²) in [6, 6.07) is 0.959. The van der Waals surface area contributed by atoms with Crippen molar-refractivity contribution in [2.45, 2.75) is 32.5 Å². The fourth-order valence-corrected chi connectivity index (χ4v) is 1.60. The Morgan fingerprint density at radius 1 is 1.27 bits per heavy atom. The molecule has 0 bridgehead atoms. The van der Waals surface area contributed by atoms with Crippen LogP contribution in [0.25, 0.3) is 0 Å². The van der Waals surface area contributed by atoms with E-state index >= 15 is 0 Å². The largest absolute Gasteiger partial charge is 0.432 e. The van der Waals surface area contributed by atoms with Gasteiger partial charge in [-0.25, -0.2) is 0 Å². The number of hydrogen-bond donors (Lipinski definition) is 1. The van der Waals surface area contributed by atoms with Crippen molar-refractivity contribution in [2.75, 3.05) is 0 Å². The first-order valence-electron chi connectivity index (χ1n) is 4.06. The fraction of sp³-hybridized carbons (Fsp3) is 0.556. The van der Waals surface area contributed by atoms with Gasteiger partial charge in [-0.2, -0.15) is 0 Å². The third-order valence-corrected chi connectivity index (χ3v) is 2.87. The first-order valence-corrected chi connectivity index (χ1v) is 7.22. The Hall–Kier alpha value is -0.343. The van der Waals surface area contributed by atoms with Crippen molar-refractivity contribution < 1.29 is 4.80 Å². The van der Waals surface area contributed by atoms with Gasteiger partial charge < -0.3 is 4.80 Å². The number of rotatable bonds is 4. The van der Waals surface area contributed by atoms with E-state index < -0.39 is 8.32 Å². The molecule has 0 aliphatic carbocycles. The Labute approximate surface area is 70.6 Å². The van der Waals surface area contributed by atoms with Gasteiger partial charge in [0, 0.05) is 0 Å². The van der Waals surface area contributed by atoms with Crippen LogP contribution in [-0.4, -0.2) is 13.1 Å². The highest BCUT2D eigenvalue weighted by Gasteiger charge is 2.14. The van der Waals surface area contributed by atoms with Crippen molar-refractivity contribution in [3.63, 3.8) is 0 Å². The van der Waals surface area contributed by atoms with Crippen molar-refractivity contribution in [3.05, 3.63) is 24.3 Å². The smallest absolute Gasteiger partial charge is 0.182 e. The van der Waals surface area contributed by atoms with E-state index in [-0.39, 0.29) is 0 Å². The van der Waals surface area contributed by atoms with Crippen LogP contribution in [0, 0.1) is 0 Å². The lowest BCUT2D eigenvalue weighted by Crippen LogP contribution is -2.23. The quantitative estimate of drug-likeness (QED) is 0.508. The van der Waals surface area contributed by atoms with Gasteiger partial charge in [0.1, 0.15) is 0 Å². The van der Waals surface area contributed by atoms with Crippen molar-refractivity contribution in [2.24, 2.45) is 0 Å². The zero-order valence-electron chi connectivity index (χ0n) is 7.67. The minimum absolute atomic E-state index is 0.959. The monoisotopic (exact) mass is 170 g/mol. The molecule has 0 heterocycles. The zero-order chi connectivity index (χ0) is 8.74. The first kappa shape index (κ1) is 10.7. The molecule has 0 saturated heterocycles. The molecule has 1 nitrogen and oxygen atoms in total. The molecule has 0 amide bonds. The van der Waals surface area contributed by atoms with Gasteiger partial charge in [0.15, 0.2) is 8.32 Å². The molecule has 0 unspecified atom stereocenters. The third-order valence-electron chi connectivity index (χ3n) is 1.36. The van der Waals surface area contributed by atoms with Gasteiger partial charge in [-0.3, -0.25) is 0 Å². The van der Waals surface area contributed by atoms with E-state index in [1.54, 1.807) is 0 Å². The van der Waals surface area contributed by atoms with Crippen LogP contribution in [0.2, 0.25) is 19.1 Å². The molecule has 0 aromatic rings. The topological polar surface area (TPSA) is 20.2 Å². The van der Waals surface area contributed by atoms with Crippen molar-refractivity contribution >= 4 is 8.32 Å². The molecule has 0 aromatic carbocycles. The van der Waals surface area contributed by atoms with Crippen LogP contribution in [0.3, 0.4) is 0 Å². The van der Waals surface area contributed by atoms with Gasteiger partial charge in [-0.05, 0) is 32.5 Å². The molecule has 0 fully saturated rings. The minimum Gasteiger partial charge on any atom is -0.432 e. The predicted octanol–water partition coefficient (Wildman–Crippen LogP) is 2.71. The molecule has 11 heavy (non-hydrogen) atoms. The van der Waals surface area contributed by atoms with E-state index in [4.69, 9.17) is 0 Å². The summed E-state index contributed by atoms with van der Waals surface area (Å²) in [5, 5.41) is 0. The first-order chi connectivity index (χ1) is 5.06. The second-order valence-electron chi connectivity index (χ2n) is 3.31. The van der Waals surface area contributed by atoms with Gasteiger partial charge in [0.05, 0.1) is 0 Å². The van der Waals surface area contributed by atoms with Crippen molar-refractivity contribution in [1.82, 2.24) is 0 Å². The molecule has 0 saturated carbocycles. The summed E-state index contributed by atoms with van der Waals surface area (Å²) in [6.07, 6.45) is 9.13. The van der Waals surface area contributed by atoms with Crippen LogP contribution in [-0.2, 0) is 0 Å². The van der Waals surface area contributed by atoms with Crippen LogP contribution >= 0.6 is 0 Å². The lowest BCUT2D eigenvalue weighted by molar-refractivity contribution is 0.548. The van der Waals surface area contributed by atoms with Gasteiger partial charge >= 0.3 is 0 Å². The van der Waals surface area contributed by atoms with E-state index in [0.29, 0.717) is 0 Å². The summed E-state index contributed by atoms with van der Waals surface area (Å²) < 4.78 is 0. The molecule has 2 heteroatoms. The van der Waals surface area contributed by atoms with Gasteiger partial charge in [0.25, 0.3) is 0 Å². The molecule has 0 aliphatic rings. The molecule has 0 aromatic heterocycles. The van der Waals surface area contributed by atoms with Crippen LogP contribution in [0.15, 0.2) is 24.3 Å². The second-order valence-corrected chi connectivity index (χ2v) is 7.43. The number of hydrogen-bond acceptors (Lipinski definition) is 1. The minimum atomic E-state index is -1.79. The molecule has 0 radical (unpaired) electrons. The van der Waals surface area contributed by atoms with Crippen LogP contribution in [0.5, 0.6) is 0 Å². The molecule has 0 rings (SSSR count).